The summed E-state index contributed by atoms with van der Waals surface area (Å²) in [4.78, 5) is 99.2. The fraction of sp³-hybridized carbons (Fsp3) is 0. The molecule has 0 aromatic heterocycles. The monoisotopic (exact) mass is 735 g/mol. The Morgan fingerprint density at radius 3 is 0.579 bits per heavy atom. The van der Waals surface area contributed by atoms with Crippen LogP contribution in [0.2, 0.25) is 0 Å². The molecule has 0 rings (SSSR count). The Morgan fingerprint density at radius 1 is 0.579 bits per heavy atom. The van der Waals surface area contributed by atoms with Crippen LogP contribution in [0.5, 0.6) is 0 Å². The molecule has 12 nitrogen and oxygen atoms in total. The first-order valence-corrected chi connectivity index (χ1v) is 7.52. The van der Waals surface area contributed by atoms with Crippen molar-refractivity contribution < 1.29 is 167 Å². The van der Waals surface area contributed by atoms with E-state index in [4.69, 9.17) is 57.5 Å². The zero-order valence-electron chi connectivity index (χ0n) is 8.41. The largest absolute Gasteiger partial charge is 3.00 e. The molecule has 1 unspecified atom stereocenters. The zero-order valence-corrected chi connectivity index (χ0v) is 19.6. The maximum atomic E-state index is 8.91. The summed E-state index contributed by atoms with van der Waals surface area (Å²) in [6.07, 6.45) is 0. The van der Waals surface area contributed by atoms with Crippen LogP contribution < -0.4 is 43.2 Å². The van der Waals surface area contributed by atoms with E-state index in [-0.39, 0.29) is 119 Å². The standard InChI is InChI=1S/Gd.Lu.H3O4Si.2O4Si.H3P.Y/c;;3*1-5(2,3)4;;/h;;1-3H;;;1H3;/q2*+3;-1;2*-4;;+3. The van der Waals surface area contributed by atoms with Crippen LogP contribution in [0.15, 0.2) is 0 Å². The third kappa shape index (κ3) is 503. The van der Waals surface area contributed by atoms with Gasteiger partial charge in [0.2, 0.25) is 0 Å². The second-order valence-electron chi connectivity index (χ2n) is 1.57. The van der Waals surface area contributed by atoms with Gasteiger partial charge >= 0.3 is 119 Å². The quantitative estimate of drug-likeness (QED) is 0.155. The summed E-state index contributed by atoms with van der Waals surface area (Å²) in [6, 6.07) is 0. The first-order chi connectivity index (χ1) is 6.00. The van der Waals surface area contributed by atoms with Crippen molar-refractivity contribution in [1.29, 1.82) is 0 Å². The summed E-state index contributed by atoms with van der Waals surface area (Å²) in [5, 5.41) is 0. The van der Waals surface area contributed by atoms with E-state index in [1.54, 1.807) is 0 Å². The van der Waals surface area contributed by atoms with Crippen LogP contribution >= 0.6 is 9.90 Å². The SMILES string of the molecule is P.[Gd+3].[Lu+3].[O-][Si](O)(O)O.[O-][Si]([O-])([O-])[O-].[O-][Si]([O-])([O-])[O-].[Y+3]. The topological polar surface area (TPSA) is 268 Å². The minimum absolute atomic E-state index is 0. The maximum Gasteiger partial charge on any atom is 3.00 e. The van der Waals surface area contributed by atoms with Crippen molar-refractivity contribution in [2.24, 2.45) is 0 Å². The van der Waals surface area contributed by atoms with Crippen molar-refractivity contribution >= 4 is 37.0 Å². The normalized spacial score (nSPS) is 9.47. The molecule has 1 radical (unpaired) electrons. The average Bonchev–Trinajstić information content (AvgIpc) is 1.41. The van der Waals surface area contributed by atoms with Gasteiger partial charge in [-0.2, -0.15) is 9.90 Å². The number of hydrogen-bond acceptors (Lipinski definition) is 12. The van der Waals surface area contributed by atoms with Gasteiger partial charge in [-0.3, -0.25) is 0 Å². The zero-order chi connectivity index (χ0) is 13.5. The molecule has 0 fully saturated rings. The molecule has 0 aromatic rings. The molecule has 1 atom stereocenters. The van der Waals surface area contributed by atoms with E-state index in [1.165, 1.54) is 0 Å². The van der Waals surface area contributed by atoms with E-state index < -0.39 is 27.1 Å². The molecule has 19 heavy (non-hydrogen) atoms. The van der Waals surface area contributed by atoms with Crippen LogP contribution in [0.3, 0.4) is 0 Å². The number of hydrogen-bond donors (Lipinski definition) is 3. The van der Waals surface area contributed by atoms with Crippen molar-refractivity contribution in [2.75, 3.05) is 0 Å². The van der Waals surface area contributed by atoms with Crippen molar-refractivity contribution in [1.82, 2.24) is 0 Å². The molecule has 0 aliphatic rings. The Balaban J connectivity index is -0.0000000206. The van der Waals surface area contributed by atoms with Gasteiger partial charge in [-0.1, -0.05) is 0 Å². The third-order valence-corrected chi connectivity index (χ3v) is 0. The Labute approximate surface area is 200 Å². The molecular weight excluding hydrogens is 728 g/mol. The molecule has 0 aliphatic heterocycles. The molecule has 0 aliphatic carbocycles. The summed E-state index contributed by atoms with van der Waals surface area (Å²) in [7, 11) is -16.1. The average molecular weight is 734 g/mol. The van der Waals surface area contributed by atoms with Crippen molar-refractivity contribution in [3.63, 3.8) is 0 Å². The van der Waals surface area contributed by atoms with Gasteiger partial charge in [0.05, 0.1) is 0 Å². The van der Waals surface area contributed by atoms with Gasteiger partial charge in [0.15, 0.2) is 0 Å². The summed E-state index contributed by atoms with van der Waals surface area (Å²) < 4.78 is 0. The van der Waals surface area contributed by atoms with E-state index >= 15 is 0 Å². The van der Waals surface area contributed by atoms with Crippen LogP contribution in [0.25, 0.3) is 0 Å². The third-order valence-electron chi connectivity index (χ3n) is 0. The van der Waals surface area contributed by atoms with Gasteiger partial charge in [0, 0.05) is 0 Å². The molecule has 0 saturated carbocycles. The Bertz CT molecular complexity index is 108. The van der Waals surface area contributed by atoms with Crippen molar-refractivity contribution in [3.05, 3.63) is 0 Å². The van der Waals surface area contributed by atoms with E-state index in [9.17, 15) is 0 Å². The molecular formula is H6GdLuO12PSi3Y. The first kappa shape index (κ1) is 43.6. The summed E-state index contributed by atoms with van der Waals surface area (Å²) >= 11 is 0. The Morgan fingerprint density at radius 2 is 0.579 bits per heavy atom. The van der Waals surface area contributed by atoms with Crippen LogP contribution in [0.4, 0.5) is 0 Å². The second-order valence-corrected chi connectivity index (χ2v) is 4.72. The van der Waals surface area contributed by atoms with Gasteiger partial charge in [-0.25, -0.2) is 0 Å². The van der Waals surface area contributed by atoms with E-state index in [1.807, 2.05) is 0 Å². The smallest absolute Gasteiger partial charge is 0.894 e. The predicted molar refractivity (Wildman–Crippen MR) is 35.0 cm³/mol. The second kappa shape index (κ2) is 20.3. The maximum absolute atomic E-state index is 8.91. The molecule has 0 aromatic carbocycles. The van der Waals surface area contributed by atoms with Gasteiger partial charge in [-0.05, 0) is 0 Å². The predicted octanol–water partition coefficient (Wildman–Crippen LogP) is -13.5. The molecule has 0 heterocycles. The Hall–Kier alpha value is 4.26. The van der Waals surface area contributed by atoms with Gasteiger partial charge in [0.25, 0.3) is 0 Å². The van der Waals surface area contributed by atoms with Crippen molar-refractivity contribution in [2.45, 2.75) is 0 Å². The fourth-order valence-corrected chi connectivity index (χ4v) is 0. The molecule has 0 spiro atoms. The molecule has 0 amide bonds. The molecule has 0 saturated heterocycles. The summed E-state index contributed by atoms with van der Waals surface area (Å²) in [5.41, 5.74) is 0. The van der Waals surface area contributed by atoms with Gasteiger partial charge < -0.3 is 75.6 Å². The van der Waals surface area contributed by atoms with Crippen LogP contribution in [0, 0.1) is 76.8 Å². The van der Waals surface area contributed by atoms with Crippen LogP contribution in [-0.4, -0.2) is 41.5 Å². The van der Waals surface area contributed by atoms with Gasteiger partial charge in [0.1, 0.15) is 0 Å². The summed E-state index contributed by atoms with van der Waals surface area (Å²) in [5.74, 6) is 0. The number of rotatable bonds is 0. The van der Waals surface area contributed by atoms with Crippen LogP contribution in [0.1, 0.15) is 0 Å². The van der Waals surface area contributed by atoms with E-state index in [2.05, 4.69) is 0 Å². The minimum Gasteiger partial charge on any atom is -0.894 e. The first-order valence-electron chi connectivity index (χ1n) is 2.51. The summed E-state index contributed by atoms with van der Waals surface area (Å²) in [6.45, 7) is 0. The Kier molecular flexibility index (Phi) is 46.6. The molecule has 0 bridgehead atoms. The fourth-order valence-electron chi connectivity index (χ4n) is 0. The minimum atomic E-state index is -5.61. The van der Waals surface area contributed by atoms with E-state index in [0.29, 0.717) is 0 Å². The molecule has 121 valence electrons. The molecule has 19 heteroatoms. The van der Waals surface area contributed by atoms with Gasteiger partial charge in [-0.15, -0.1) is 0 Å². The molecule has 3 N–H and O–H groups in total. The van der Waals surface area contributed by atoms with E-state index in [0.717, 1.165) is 0 Å². The van der Waals surface area contributed by atoms with Crippen molar-refractivity contribution in [3.8, 4) is 0 Å². The van der Waals surface area contributed by atoms with Crippen LogP contribution in [-0.2, 0) is 32.7 Å².